The van der Waals surface area contributed by atoms with Crippen molar-refractivity contribution in [3.05, 3.63) is 60.6 Å². The number of nitrogens with zero attached hydrogens (tertiary/aromatic N) is 3. The topological polar surface area (TPSA) is 61.6 Å². The van der Waals surface area contributed by atoms with Gasteiger partial charge in [-0.2, -0.15) is 5.26 Å². The van der Waals surface area contributed by atoms with Crippen LogP contribution in [0, 0.1) is 11.3 Å². The lowest BCUT2D eigenvalue weighted by Gasteiger charge is -2.07. The van der Waals surface area contributed by atoms with Gasteiger partial charge in [-0.1, -0.05) is 30.3 Å². The van der Waals surface area contributed by atoms with E-state index < -0.39 is 0 Å². The Kier molecular flexibility index (Phi) is 2.79. The van der Waals surface area contributed by atoms with Crippen molar-refractivity contribution in [2.24, 2.45) is 0 Å². The Morgan fingerprint density at radius 1 is 1.05 bits per heavy atom. The second-order valence-electron chi connectivity index (χ2n) is 4.08. The zero-order chi connectivity index (χ0) is 13.1. The fourth-order valence-electron chi connectivity index (χ4n) is 1.91. The molecular formula is C15H10N4. The van der Waals surface area contributed by atoms with Crippen LogP contribution >= 0.6 is 0 Å². The molecule has 0 spiro atoms. The third-order valence-corrected chi connectivity index (χ3v) is 2.84. The lowest BCUT2D eigenvalue weighted by Crippen LogP contribution is -1.97. The lowest BCUT2D eigenvalue weighted by atomic mass is 10.1. The maximum Gasteiger partial charge on any atom is 0.151 e. The van der Waals surface area contributed by atoms with Gasteiger partial charge in [0, 0.05) is 5.69 Å². The molecule has 3 rings (SSSR count). The predicted molar refractivity (Wildman–Crippen MR) is 74.0 cm³/mol. The first-order valence-corrected chi connectivity index (χ1v) is 5.83. The van der Waals surface area contributed by atoms with Gasteiger partial charge in [0.15, 0.2) is 5.82 Å². The molecule has 4 nitrogen and oxygen atoms in total. The van der Waals surface area contributed by atoms with E-state index in [1.54, 1.807) is 0 Å². The summed E-state index contributed by atoms with van der Waals surface area (Å²) in [6, 6.07) is 16.2. The summed E-state index contributed by atoms with van der Waals surface area (Å²) in [4.78, 5) is 7.91. The number of hydrogen-bond acceptors (Lipinski definition) is 4. The molecular weight excluding hydrogens is 236 g/mol. The predicted octanol–water partition coefficient (Wildman–Crippen LogP) is 3.25. The molecule has 90 valence electrons. The molecule has 1 aromatic heterocycles. The van der Waals surface area contributed by atoms with Crippen LogP contribution in [0.25, 0.3) is 10.8 Å². The van der Waals surface area contributed by atoms with Crippen molar-refractivity contribution in [1.82, 2.24) is 9.97 Å². The van der Waals surface area contributed by atoms with Crippen LogP contribution in [-0.2, 0) is 0 Å². The summed E-state index contributed by atoms with van der Waals surface area (Å²) < 4.78 is 0. The minimum Gasteiger partial charge on any atom is -0.339 e. The summed E-state index contributed by atoms with van der Waals surface area (Å²) in [5, 5.41) is 14.5. The summed E-state index contributed by atoms with van der Waals surface area (Å²) in [7, 11) is 0. The highest BCUT2D eigenvalue weighted by molar-refractivity contribution is 5.86. The van der Waals surface area contributed by atoms with Gasteiger partial charge in [0.25, 0.3) is 0 Å². The standard InChI is InChI=1S/C15H10N4/c16-8-13-9-17-10-18-15(13)19-14-6-5-11-3-1-2-4-12(11)7-14/h1-7,9-10H,(H,17,18,19). The maximum absolute atomic E-state index is 9.00. The van der Waals surface area contributed by atoms with Gasteiger partial charge in [0.2, 0.25) is 0 Å². The van der Waals surface area contributed by atoms with Gasteiger partial charge in [-0.05, 0) is 22.9 Å². The van der Waals surface area contributed by atoms with E-state index in [4.69, 9.17) is 5.26 Å². The molecule has 2 aromatic carbocycles. The Hall–Kier alpha value is -2.93. The molecule has 0 saturated heterocycles. The summed E-state index contributed by atoms with van der Waals surface area (Å²) in [5.74, 6) is 0.521. The molecule has 0 fully saturated rings. The Bertz CT molecular complexity index is 774. The van der Waals surface area contributed by atoms with Crippen LogP contribution in [-0.4, -0.2) is 9.97 Å². The third kappa shape index (κ3) is 2.22. The number of aromatic nitrogens is 2. The van der Waals surface area contributed by atoms with Crippen LogP contribution in [0.1, 0.15) is 5.56 Å². The highest BCUT2D eigenvalue weighted by Gasteiger charge is 2.03. The van der Waals surface area contributed by atoms with E-state index in [2.05, 4.69) is 27.4 Å². The molecule has 0 amide bonds. The van der Waals surface area contributed by atoms with E-state index in [-0.39, 0.29) is 0 Å². The molecule has 0 aliphatic rings. The van der Waals surface area contributed by atoms with Crippen LogP contribution in [0.3, 0.4) is 0 Å². The molecule has 1 N–H and O–H groups in total. The first-order valence-electron chi connectivity index (χ1n) is 5.83. The zero-order valence-corrected chi connectivity index (χ0v) is 10.0. The molecule has 0 atom stereocenters. The van der Waals surface area contributed by atoms with Crippen molar-refractivity contribution >= 4 is 22.3 Å². The van der Waals surface area contributed by atoms with Crippen molar-refractivity contribution in [1.29, 1.82) is 5.26 Å². The minimum absolute atomic E-state index is 0.427. The van der Waals surface area contributed by atoms with E-state index in [1.807, 2.05) is 36.4 Å². The summed E-state index contributed by atoms with van der Waals surface area (Å²) in [6.45, 7) is 0. The smallest absolute Gasteiger partial charge is 0.151 e. The minimum atomic E-state index is 0.427. The Labute approximate surface area is 110 Å². The fourth-order valence-corrected chi connectivity index (χ4v) is 1.91. The summed E-state index contributed by atoms with van der Waals surface area (Å²) in [6.07, 6.45) is 2.92. The molecule has 1 heterocycles. The number of fused-ring (bicyclic) bond motifs is 1. The molecule has 4 heteroatoms. The first kappa shape index (κ1) is 11.2. The number of nitrogens with one attached hydrogen (secondary N) is 1. The van der Waals surface area contributed by atoms with Gasteiger partial charge in [0.1, 0.15) is 18.0 Å². The highest BCUT2D eigenvalue weighted by atomic mass is 15.0. The van der Waals surface area contributed by atoms with Crippen LogP contribution in [0.5, 0.6) is 0 Å². The molecule has 3 aromatic rings. The molecule has 0 radical (unpaired) electrons. The average Bonchev–Trinajstić information content (AvgIpc) is 2.48. The number of nitriles is 1. The van der Waals surface area contributed by atoms with E-state index in [0.29, 0.717) is 11.4 Å². The molecule has 0 bridgehead atoms. The highest BCUT2D eigenvalue weighted by Crippen LogP contribution is 2.22. The van der Waals surface area contributed by atoms with E-state index >= 15 is 0 Å². The lowest BCUT2D eigenvalue weighted by molar-refractivity contribution is 1.15. The first-order chi connectivity index (χ1) is 9.36. The third-order valence-electron chi connectivity index (χ3n) is 2.84. The van der Waals surface area contributed by atoms with Crippen LogP contribution in [0.2, 0.25) is 0 Å². The van der Waals surface area contributed by atoms with Crippen LogP contribution < -0.4 is 5.32 Å². The van der Waals surface area contributed by atoms with Gasteiger partial charge in [-0.15, -0.1) is 0 Å². The number of benzene rings is 2. The molecule has 0 unspecified atom stereocenters. The van der Waals surface area contributed by atoms with Gasteiger partial charge in [-0.25, -0.2) is 9.97 Å². The second kappa shape index (κ2) is 4.75. The number of hydrogen-bond donors (Lipinski definition) is 1. The Balaban J connectivity index is 1.99. The monoisotopic (exact) mass is 246 g/mol. The summed E-state index contributed by atoms with van der Waals surface area (Å²) >= 11 is 0. The van der Waals surface area contributed by atoms with E-state index in [9.17, 15) is 0 Å². The molecule has 0 aliphatic heterocycles. The largest absolute Gasteiger partial charge is 0.339 e. The van der Waals surface area contributed by atoms with Crippen molar-refractivity contribution in [3.8, 4) is 6.07 Å². The Morgan fingerprint density at radius 3 is 2.74 bits per heavy atom. The number of rotatable bonds is 2. The van der Waals surface area contributed by atoms with E-state index in [0.717, 1.165) is 11.1 Å². The van der Waals surface area contributed by atoms with Gasteiger partial charge in [-0.3, -0.25) is 0 Å². The quantitative estimate of drug-likeness (QED) is 0.754. The van der Waals surface area contributed by atoms with Crippen LogP contribution in [0.4, 0.5) is 11.5 Å². The van der Waals surface area contributed by atoms with Crippen LogP contribution in [0.15, 0.2) is 55.0 Å². The average molecular weight is 246 g/mol. The van der Waals surface area contributed by atoms with Crippen molar-refractivity contribution in [2.45, 2.75) is 0 Å². The molecule has 19 heavy (non-hydrogen) atoms. The number of anilines is 2. The van der Waals surface area contributed by atoms with Gasteiger partial charge in [0.05, 0.1) is 6.20 Å². The van der Waals surface area contributed by atoms with Crippen molar-refractivity contribution < 1.29 is 0 Å². The molecule has 0 aliphatic carbocycles. The fraction of sp³-hybridized carbons (Fsp3) is 0. The summed E-state index contributed by atoms with van der Waals surface area (Å²) in [5.41, 5.74) is 1.32. The maximum atomic E-state index is 9.00. The molecule has 0 saturated carbocycles. The Morgan fingerprint density at radius 2 is 1.89 bits per heavy atom. The van der Waals surface area contributed by atoms with Gasteiger partial charge >= 0.3 is 0 Å². The SMILES string of the molecule is N#Cc1cncnc1Nc1ccc2ccccc2c1. The van der Waals surface area contributed by atoms with Crippen molar-refractivity contribution in [3.63, 3.8) is 0 Å². The van der Waals surface area contributed by atoms with E-state index in [1.165, 1.54) is 17.9 Å². The van der Waals surface area contributed by atoms with Crippen molar-refractivity contribution in [2.75, 3.05) is 5.32 Å². The zero-order valence-electron chi connectivity index (χ0n) is 10.0. The second-order valence-corrected chi connectivity index (χ2v) is 4.08. The van der Waals surface area contributed by atoms with Gasteiger partial charge < -0.3 is 5.32 Å². The normalized spacial score (nSPS) is 10.1.